The van der Waals surface area contributed by atoms with Crippen LogP contribution in [-0.2, 0) is 11.3 Å². The highest BCUT2D eigenvalue weighted by Gasteiger charge is 2.48. The molecule has 1 aromatic rings. The molecule has 3 N–H and O–H groups in total. The summed E-state index contributed by atoms with van der Waals surface area (Å²) in [7, 11) is 1.46. The van der Waals surface area contributed by atoms with Crippen LogP contribution in [0.25, 0.3) is 0 Å². The SMILES string of the molecule is COc1ccc(CN2CCC3(CC2)C[C@](C)(O)[C@@H](O)CO3)cc1C(=O)O. The number of carboxylic acid groups (broad SMARTS) is 1. The lowest BCUT2D eigenvalue weighted by Gasteiger charge is -2.50. The van der Waals surface area contributed by atoms with Crippen molar-refractivity contribution in [2.45, 2.75) is 50.0 Å². The van der Waals surface area contributed by atoms with E-state index in [1.807, 2.05) is 6.07 Å². The second-order valence-corrected chi connectivity index (χ2v) is 7.66. The standard InChI is InChI=1S/C19H27NO6/c1-18(24)12-19(26-11-16(18)21)5-7-20(8-6-19)10-13-3-4-15(25-2)14(9-13)17(22)23/h3-4,9,16,21,24H,5-8,10-12H2,1-2H3,(H,22,23)/t16-,18-/m0/s1. The minimum absolute atomic E-state index is 0.160. The summed E-state index contributed by atoms with van der Waals surface area (Å²) in [5.74, 6) is -0.645. The van der Waals surface area contributed by atoms with E-state index in [2.05, 4.69) is 4.90 Å². The number of rotatable bonds is 4. The Balaban J connectivity index is 1.63. The number of aliphatic hydroxyl groups is 2. The molecule has 0 unspecified atom stereocenters. The van der Waals surface area contributed by atoms with Gasteiger partial charge in [-0.1, -0.05) is 6.07 Å². The molecule has 0 bridgehead atoms. The molecule has 2 aliphatic heterocycles. The molecule has 1 spiro atoms. The van der Waals surface area contributed by atoms with E-state index in [1.165, 1.54) is 7.11 Å². The van der Waals surface area contributed by atoms with Gasteiger partial charge in [-0.3, -0.25) is 4.90 Å². The number of aromatic carboxylic acids is 1. The number of piperidine rings is 1. The van der Waals surface area contributed by atoms with Crippen molar-refractivity contribution in [2.24, 2.45) is 0 Å². The van der Waals surface area contributed by atoms with Crippen LogP contribution >= 0.6 is 0 Å². The lowest BCUT2D eigenvalue weighted by atomic mass is 9.76. The van der Waals surface area contributed by atoms with Gasteiger partial charge in [0.2, 0.25) is 0 Å². The zero-order valence-corrected chi connectivity index (χ0v) is 15.3. The van der Waals surface area contributed by atoms with Gasteiger partial charge in [0.25, 0.3) is 0 Å². The molecule has 0 saturated carbocycles. The number of methoxy groups -OCH3 is 1. The van der Waals surface area contributed by atoms with Crippen molar-refractivity contribution >= 4 is 5.97 Å². The van der Waals surface area contributed by atoms with Crippen LogP contribution in [-0.4, -0.2) is 70.3 Å². The number of likely N-dealkylation sites (tertiary alicyclic amines) is 1. The molecule has 7 nitrogen and oxygen atoms in total. The van der Waals surface area contributed by atoms with Crippen LogP contribution in [0.1, 0.15) is 42.1 Å². The van der Waals surface area contributed by atoms with E-state index in [0.717, 1.165) is 31.5 Å². The van der Waals surface area contributed by atoms with Gasteiger partial charge in [0, 0.05) is 26.1 Å². The lowest BCUT2D eigenvalue weighted by molar-refractivity contribution is -0.223. The fourth-order valence-corrected chi connectivity index (χ4v) is 3.97. The monoisotopic (exact) mass is 365 g/mol. The predicted molar refractivity (Wildman–Crippen MR) is 94.4 cm³/mol. The molecular weight excluding hydrogens is 338 g/mol. The summed E-state index contributed by atoms with van der Waals surface area (Å²) in [6.07, 6.45) is 1.14. The summed E-state index contributed by atoms with van der Waals surface area (Å²) in [4.78, 5) is 13.6. The van der Waals surface area contributed by atoms with E-state index in [0.29, 0.717) is 18.7 Å². The van der Waals surface area contributed by atoms with Crippen molar-refractivity contribution < 1.29 is 29.6 Å². The Morgan fingerprint density at radius 1 is 1.38 bits per heavy atom. The van der Waals surface area contributed by atoms with Crippen LogP contribution < -0.4 is 4.74 Å². The Labute approximate surface area is 153 Å². The highest BCUT2D eigenvalue weighted by molar-refractivity contribution is 5.91. The molecule has 0 aliphatic carbocycles. The largest absolute Gasteiger partial charge is 0.496 e. The maximum atomic E-state index is 11.4. The van der Waals surface area contributed by atoms with Gasteiger partial charge in [0.1, 0.15) is 17.4 Å². The molecule has 0 radical (unpaired) electrons. The number of benzene rings is 1. The summed E-state index contributed by atoms with van der Waals surface area (Å²) in [6, 6.07) is 5.23. The van der Waals surface area contributed by atoms with Gasteiger partial charge in [-0.15, -0.1) is 0 Å². The third-order valence-corrected chi connectivity index (χ3v) is 5.61. The summed E-state index contributed by atoms with van der Waals surface area (Å²) < 4.78 is 11.0. The van der Waals surface area contributed by atoms with Gasteiger partial charge in [-0.25, -0.2) is 4.79 Å². The molecule has 1 aromatic carbocycles. The van der Waals surface area contributed by atoms with Gasteiger partial charge in [-0.05, 0) is 37.5 Å². The molecule has 7 heteroatoms. The second kappa shape index (κ2) is 7.15. The fraction of sp³-hybridized carbons (Fsp3) is 0.632. The van der Waals surface area contributed by atoms with Crippen LogP contribution in [0, 0.1) is 0 Å². The lowest BCUT2D eigenvalue weighted by Crippen LogP contribution is -2.59. The van der Waals surface area contributed by atoms with E-state index >= 15 is 0 Å². The molecule has 2 saturated heterocycles. The molecule has 144 valence electrons. The Kier molecular flexibility index (Phi) is 5.25. The topological polar surface area (TPSA) is 99.5 Å². The first kappa shape index (κ1) is 19.1. The van der Waals surface area contributed by atoms with Crippen molar-refractivity contribution in [1.29, 1.82) is 0 Å². The average Bonchev–Trinajstić information content (AvgIpc) is 2.60. The summed E-state index contributed by atoms with van der Waals surface area (Å²) >= 11 is 0. The van der Waals surface area contributed by atoms with Gasteiger partial charge in [0.05, 0.1) is 24.9 Å². The zero-order chi connectivity index (χ0) is 18.9. The maximum Gasteiger partial charge on any atom is 0.339 e. The van der Waals surface area contributed by atoms with E-state index in [1.54, 1.807) is 19.1 Å². The summed E-state index contributed by atoms with van der Waals surface area (Å²) in [5, 5.41) is 29.6. The van der Waals surface area contributed by atoms with Crippen molar-refractivity contribution in [3.05, 3.63) is 29.3 Å². The molecule has 0 aromatic heterocycles. The van der Waals surface area contributed by atoms with Crippen molar-refractivity contribution in [3.63, 3.8) is 0 Å². The Bertz CT molecular complexity index is 666. The number of nitrogens with zero attached hydrogens (tertiary/aromatic N) is 1. The van der Waals surface area contributed by atoms with Gasteiger partial charge in [0.15, 0.2) is 0 Å². The van der Waals surface area contributed by atoms with Crippen LogP contribution in [0.4, 0.5) is 0 Å². The van der Waals surface area contributed by atoms with Crippen LogP contribution in [0.15, 0.2) is 18.2 Å². The van der Waals surface area contributed by atoms with Gasteiger partial charge < -0.3 is 24.8 Å². The number of ether oxygens (including phenoxy) is 2. The first-order valence-corrected chi connectivity index (χ1v) is 8.92. The maximum absolute atomic E-state index is 11.4. The molecule has 2 aliphatic rings. The highest BCUT2D eigenvalue weighted by Crippen LogP contribution is 2.39. The molecule has 0 amide bonds. The molecule has 26 heavy (non-hydrogen) atoms. The molecule has 2 fully saturated rings. The van der Waals surface area contributed by atoms with Crippen LogP contribution in [0.2, 0.25) is 0 Å². The molecule has 2 atom stereocenters. The molecule has 3 rings (SSSR count). The predicted octanol–water partition coefficient (Wildman–Crippen LogP) is 1.26. The fourth-order valence-electron chi connectivity index (χ4n) is 3.97. The second-order valence-electron chi connectivity index (χ2n) is 7.66. The van der Waals surface area contributed by atoms with E-state index < -0.39 is 17.7 Å². The smallest absolute Gasteiger partial charge is 0.339 e. The normalized spacial score (nSPS) is 28.8. The minimum Gasteiger partial charge on any atom is -0.496 e. The minimum atomic E-state index is -1.12. The first-order valence-electron chi connectivity index (χ1n) is 8.92. The third kappa shape index (κ3) is 3.86. The van der Waals surface area contributed by atoms with E-state index in [4.69, 9.17) is 9.47 Å². The Morgan fingerprint density at radius 2 is 2.08 bits per heavy atom. The number of aliphatic hydroxyl groups excluding tert-OH is 1. The van der Waals surface area contributed by atoms with E-state index in [-0.39, 0.29) is 17.8 Å². The summed E-state index contributed by atoms with van der Waals surface area (Å²) in [5.41, 5.74) is -0.414. The van der Waals surface area contributed by atoms with Crippen molar-refractivity contribution in [3.8, 4) is 5.75 Å². The van der Waals surface area contributed by atoms with E-state index in [9.17, 15) is 20.1 Å². The Morgan fingerprint density at radius 3 is 2.65 bits per heavy atom. The number of carboxylic acids is 1. The zero-order valence-electron chi connectivity index (χ0n) is 15.3. The first-order chi connectivity index (χ1) is 12.2. The van der Waals surface area contributed by atoms with Crippen molar-refractivity contribution in [1.82, 2.24) is 4.90 Å². The van der Waals surface area contributed by atoms with Gasteiger partial charge in [-0.2, -0.15) is 0 Å². The van der Waals surface area contributed by atoms with Crippen LogP contribution in [0.5, 0.6) is 5.75 Å². The number of hydrogen-bond acceptors (Lipinski definition) is 6. The quantitative estimate of drug-likeness (QED) is 0.739. The third-order valence-electron chi connectivity index (χ3n) is 5.61. The van der Waals surface area contributed by atoms with Crippen molar-refractivity contribution in [2.75, 3.05) is 26.8 Å². The number of hydrogen-bond donors (Lipinski definition) is 3. The average molecular weight is 365 g/mol. The van der Waals surface area contributed by atoms with Crippen LogP contribution in [0.3, 0.4) is 0 Å². The molecular formula is C19H27NO6. The molecule has 2 heterocycles. The summed E-state index contributed by atoms with van der Waals surface area (Å²) in [6.45, 7) is 4.06. The van der Waals surface area contributed by atoms with Gasteiger partial charge >= 0.3 is 5.97 Å². The Hall–Kier alpha value is -1.67. The highest BCUT2D eigenvalue weighted by atomic mass is 16.5. The number of carbonyl (C=O) groups is 1.